The van der Waals surface area contributed by atoms with Crippen LogP contribution in [0.5, 0.6) is 0 Å². The van der Waals surface area contributed by atoms with Crippen LogP contribution < -0.4 is 0 Å². The van der Waals surface area contributed by atoms with Crippen molar-refractivity contribution in [1.82, 2.24) is 15.0 Å². The van der Waals surface area contributed by atoms with Gasteiger partial charge in [-0.15, -0.1) is 5.10 Å². The zero-order valence-corrected chi connectivity index (χ0v) is 9.91. The number of hydrogen-bond acceptors (Lipinski definition) is 2. The second kappa shape index (κ2) is 4.58. The Morgan fingerprint density at radius 1 is 1.21 bits per heavy atom. The molecule has 0 saturated carbocycles. The van der Waals surface area contributed by atoms with E-state index in [1.54, 1.807) is 0 Å². The normalized spacial score (nSPS) is 11.6. The topological polar surface area (TPSA) is 30.7 Å². The molecule has 0 N–H and O–H groups in total. The van der Waals surface area contributed by atoms with Gasteiger partial charge in [0, 0.05) is 6.54 Å². The Balaban J connectivity index is 2.98. The second-order valence-electron chi connectivity index (χ2n) is 4.49. The molecule has 0 radical (unpaired) electrons. The van der Waals surface area contributed by atoms with Gasteiger partial charge in [0.2, 0.25) is 0 Å². The fourth-order valence-electron chi connectivity index (χ4n) is 1.75. The first kappa shape index (κ1) is 11.2. The van der Waals surface area contributed by atoms with Crippen molar-refractivity contribution in [2.75, 3.05) is 0 Å². The lowest BCUT2D eigenvalue weighted by Crippen LogP contribution is -2.07. The number of nitrogens with zero attached hydrogens (tertiary/aromatic N) is 3. The van der Waals surface area contributed by atoms with Crippen molar-refractivity contribution in [3.05, 3.63) is 11.4 Å². The van der Waals surface area contributed by atoms with E-state index >= 15 is 0 Å². The van der Waals surface area contributed by atoms with Gasteiger partial charge in [0.05, 0.1) is 11.4 Å². The summed E-state index contributed by atoms with van der Waals surface area (Å²) in [5.41, 5.74) is 2.48. The van der Waals surface area contributed by atoms with Gasteiger partial charge >= 0.3 is 0 Å². The first-order chi connectivity index (χ1) is 6.56. The van der Waals surface area contributed by atoms with E-state index in [0.29, 0.717) is 11.8 Å². The Labute approximate surface area is 86.5 Å². The van der Waals surface area contributed by atoms with Crippen LogP contribution >= 0.6 is 0 Å². The third-order valence-corrected chi connectivity index (χ3v) is 2.30. The molecule has 1 rings (SSSR count). The van der Waals surface area contributed by atoms with Gasteiger partial charge in [0.15, 0.2) is 0 Å². The maximum Gasteiger partial charge on any atom is 0.0864 e. The van der Waals surface area contributed by atoms with E-state index in [1.807, 2.05) is 4.68 Å². The number of hydrogen-bond donors (Lipinski definition) is 0. The van der Waals surface area contributed by atoms with Crippen molar-refractivity contribution in [2.24, 2.45) is 5.92 Å². The first-order valence-electron chi connectivity index (χ1n) is 5.48. The molecule has 80 valence electrons. The van der Waals surface area contributed by atoms with Crippen LogP contribution in [0.2, 0.25) is 0 Å². The highest BCUT2D eigenvalue weighted by atomic mass is 15.4. The van der Waals surface area contributed by atoms with Gasteiger partial charge in [-0.2, -0.15) is 0 Å². The molecule has 0 aliphatic carbocycles. The van der Waals surface area contributed by atoms with E-state index in [9.17, 15) is 0 Å². The van der Waals surface area contributed by atoms with E-state index in [-0.39, 0.29) is 0 Å². The van der Waals surface area contributed by atoms with Crippen molar-refractivity contribution < 1.29 is 0 Å². The van der Waals surface area contributed by atoms with Gasteiger partial charge in [-0.3, -0.25) is 0 Å². The van der Waals surface area contributed by atoms with Crippen molar-refractivity contribution in [2.45, 2.75) is 53.5 Å². The van der Waals surface area contributed by atoms with Crippen LogP contribution in [-0.4, -0.2) is 15.0 Å². The van der Waals surface area contributed by atoms with Crippen LogP contribution in [0.4, 0.5) is 0 Å². The zero-order valence-electron chi connectivity index (χ0n) is 9.91. The maximum atomic E-state index is 4.26. The van der Waals surface area contributed by atoms with Crippen LogP contribution in [0.1, 0.15) is 51.9 Å². The molecule has 0 fully saturated rings. The minimum atomic E-state index is 0.513. The van der Waals surface area contributed by atoms with E-state index in [4.69, 9.17) is 0 Å². The Morgan fingerprint density at radius 2 is 1.86 bits per heavy atom. The summed E-state index contributed by atoms with van der Waals surface area (Å²) in [4.78, 5) is 0. The summed E-state index contributed by atoms with van der Waals surface area (Å²) >= 11 is 0. The molecule has 1 aromatic heterocycles. The van der Waals surface area contributed by atoms with E-state index in [2.05, 4.69) is 44.9 Å². The first-order valence-corrected chi connectivity index (χ1v) is 5.48. The van der Waals surface area contributed by atoms with Crippen molar-refractivity contribution in [3.8, 4) is 0 Å². The highest BCUT2D eigenvalue weighted by Crippen LogP contribution is 2.19. The van der Waals surface area contributed by atoms with Crippen LogP contribution in [0.25, 0.3) is 0 Å². The van der Waals surface area contributed by atoms with Crippen LogP contribution in [0.3, 0.4) is 0 Å². The standard InChI is InChI=1S/C11H21N3/c1-6-14-11(9(4)5)10(12-13-14)7-8(2)3/h8-9H,6-7H2,1-5H3. The summed E-state index contributed by atoms with van der Waals surface area (Å²) in [6.07, 6.45) is 1.04. The Kier molecular flexibility index (Phi) is 3.67. The lowest BCUT2D eigenvalue weighted by atomic mass is 10.0. The summed E-state index contributed by atoms with van der Waals surface area (Å²) in [7, 11) is 0. The number of rotatable bonds is 4. The lowest BCUT2D eigenvalue weighted by Gasteiger charge is -2.10. The quantitative estimate of drug-likeness (QED) is 0.739. The molecule has 0 atom stereocenters. The minimum Gasteiger partial charge on any atom is -0.249 e. The molecule has 3 heteroatoms. The van der Waals surface area contributed by atoms with Crippen LogP contribution in [0, 0.1) is 5.92 Å². The molecule has 0 aliphatic rings. The van der Waals surface area contributed by atoms with Gasteiger partial charge < -0.3 is 0 Å². The molecule has 0 unspecified atom stereocenters. The van der Waals surface area contributed by atoms with Gasteiger partial charge in [-0.05, 0) is 25.2 Å². The fourth-order valence-corrected chi connectivity index (χ4v) is 1.75. The predicted octanol–water partition coefficient (Wildman–Crippen LogP) is 2.62. The van der Waals surface area contributed by atoms with Crippen LogP contribution in [-0.2, 0) is 13.0 Å². The van der Waals surface area contributed by atoms with Gasteiger partial charge in [-0.1, -0.05) is 32.9 Å². The van der Waals surface area contributed by atoms with Gasteiger partial charge in [-0.25, -0.2) is 4.68 Å². The summed E-state index contributed by atoms with van der Waals surface area (Å²) < 4.78 is 2.02. The molecule has 14 heavy (non-hydrogen) atoms. The second-order valence-corrected chi connectivity index (χ2v) is 4.49. The third-order valence-electron chi connectivity index (χ3n) is 2.30. The van der Waals surface area contributed by atoms with Crippen molar-refractivity contribution >= 4 is 0 Å². The van der Waals surface area contributed by atoms with E-state index < -0.39 is 0 Å². The third kappa shape index (κ3) is 2.34. The fraction of sp³-hybridized carbons (Fsp3) is 0.818. The molecule has 0 saturated heterocycles. The van der Waals surface area contributed by atoms with Crippen LogP contribution in [0.15, 0.2) is 0 Å². The van der Waals surface area contributed by atoms with Crippen molar-refractivity contribution in [1.29, 1.82) is 0 Å². The highest BCUT2D eigenvalue weighted by Gasteiger charge is 2.15. The van der Waals surface area contributed by atoms with E-state index in [0.717, 1.165) is 13.0 Å². The largest absolute Gasteiger partial charge is 0.249 e. The SMILES string of the molecule is CCn1nnc(CC(C)C)c1C(C)C. The molecule has 0 spiro atoms. The molecular weight excluding hydrogens is 174 g/mol. The summed E-state index contributed by atoms with van der Waals surface area (Å²) in [6, 6.07) is 0. The molecule has 0 bridgehead atoms. The molecule has 0 aromatic carbocycles. The Morgan fingerprint density at radius 3 is 2.29 bits per heavy atom. The summed E-state index contributed by atoms with van der Waals surface area (Å²) in [6.45, 7) is 11.9. The van der Waals surface area contributed by atoms with Gasteiger partial charge in [0.1, 0.15) is 0 Å². The minimum absolute atomic E-state index is 0.513. The average Bonchev–Trinajstić information content (AvgIpc) is 2.46. The highest BCUT2D eigenvalue weighted by molar-refractivity contribution is 5.14. The molecule has 1 heterocycles. The predicted molar refractivity (Wildman–Crippen MR) is 58.3 cm³/mol. The summed E-state index contributed by atoms with van der Waals surface area (Å²) in [5.74, 6) is 1.16. The number of aryl methyl sites for hydroxylation is 1. The Hall–Kier alpha value is -0.860. The molecule has 1 aromatic rings. The monoisotopic (exact) mass is 195 g/mol. The maximum absolute atomic E-state index is 4.26. The molecular formula is C11H21N3. The number of aromatic nitrogens is 3. The molecule has 3 nitrogen and oxygen atoms in total. The smallest absolute Gasteiger partial charge is 0.0864 e. The van der Waals surface area contributed by atoms with Gasteiger partial charge in [0.25, 0.3) is 0 Å². The average molecular weight is 195 g/mol. The summed E-state index contributed by atoms with van der Waals surface area (Å²) in [5, 5.41) is 8.44. The van der Waals surface area contributed by atoms with E-state index in [1.165, 1.54) is 11.4 Å². The zero-order chi connectivity index (χ0) is 10.7. The van der Waals surface area contributed by atoms with Crippen molar-refractivity contribution in [3.63, 3.8) is 0 Å². The lowest BCUT2D eigenvalue weighted by molar-refractivity contribution is 0.577. The molecule has 0 amide bonds. The Bertz CT molecular complexity index is 287. The molecule has 0 aliphatic heterocycles.